The van der Waals surface area contributed by atoms with E-state index in [1.54, 1.807) is 11.8 Å². The van der Waals surface area contributed by atoms with Gasteiger partial charge in [-0.1, -0.05) is 19.9 Å². The van der Waals surface area contributed by atoms with Crippen molar-refractivity contribution in [1.29, 1.82) is 0 Å². The van der Waals surface area contributed by atoms with E-state index in [0.29, 0.717) is 0 Å². The van der Waals surface area contributed by atoms with Crippen molar-refractivity contribution in [2.24, 2.45) is 5.41 Å². The molecule has 1 aromatic rings. The van der Waals surface area contributed by atoms with Crippen LogP contribution in [-0.4, -0.2) is 11.7 Å². The first-order chi connectivity index (χ1) is 7.00. The molecule has 3 nitrogen and oxygen atoms in total. The van der Waals surface area contributed by atoms with Crippen molar-refractivity contribution in [1.82, 2.24) is 0 Å². The minimum atomic E-state index is -0.351. The molecule has 0 aliphatic carbocycles. The second kappa shape index (κ2) is 3.45. The number of amides is 1. The van der Waals surface area contributed by atoms with Gasteiger partial charge in [-0.2, -0.15) is 0 Å². The van der Waals surface area contributed by atoms with Crippen LogP contribution >= 0.6 is 11.8 Å². The Labute approximate surface area is 93.4 Å². The van der Waals surface area contributed by atoms with Gasteiger partial charge < -0.3 is 11.1 Å². The normalized spacial score (nSPS) is 18.9. The van der Waals surface area contributed by atoms with E-state index in [4.69, 9.17) is 5.73 Å². The third-order valence-electron chi connectivity index (χ3n) is 2.49. The van der Waals surface area contributed by atoms with Gasteiger partial charge in [0.15, 0.2) is 0 Å². The number of hydrogen-bond donors (Lipinski definition) is 2. The summed E-state index contributed by atoms with van der Waals surface area (Å²) in [5.74, 6) is 0.805. The predicted octanol–water partition coefficient (Wildman–Crippen LogP) is 2.34. The van der Waals surface area contributed by atoms with Gasteiger partial charge in [0.25, 0.3) is 0 Å². The van der Waals surface area contributed by atoms with Crippen LogP contribution in [0.15, 0.2) is 23.1 Å². The van der Waals surface area contributed by atoms with Crippen molar-refractivity contribution in [3.63, 3.8) is 0 Å². The lowest BCUT2D eigenvalue weighted by molar-refractivity contribution is -0.122. The summed E-state index contributed by atoms with van der Waals surface area (Å²) in [4.78, 5) is 12.8. The fraction of sp³-hybridized carbons (Fsp3) is 0.364. The van der Waals surface area contributed by atoms with Crippen LogP contribution in [0.4, 0.5) is 11.4 Å². The van der Waals surface area contributed by atoms with E-state index in [1.165, 1.54) is 0 Å². The van der Waals surface area contributed by atoms with E-state index in [1.807, 2.05) is 32.0 Å². The first kappa shape index (κ1) is 10.4. The number of thioether (sulfide) groups is 1. The molecule has 0 saturated heterocycles. The molecule has 1 aliphatic heterocycles. The SMILES string of the molecule is CC1(C)CSc2c(N)cccc2NC1=O. The largest absolute Gasteiger partial charge is 0.398 e. The summed E-state index contributed by atoms with van der Waals surface area (Å²) in [5.41, 5.74) is 7.08. The van der Waals surface area contributed by atoms with Crippen LogP contribution in [0.25, 0.3) is 0 Å². The number of hydrogen-bond acceptors (Lipinski definition) is 3. The number of carbonyl (C=O) groups excluding carboxylic acids is 1. The van der Waals surface area contributed by atoms with Crippen LogP contribution < -0.4 is 11.1 Å². The molecule has 1 aliphatic rings. The molecule has 0 unspecified atom stereocenters. The van der Waals surface area contributed by atoms with Gasteiger partial charge >= 0.3 is 0 Å². The second-order valence-electron chi connectivity index (χ2n) is 4.35. The standard InChI is InChI=1S/C11H14N2OS/c1-11(2)6-15-9-7(12)4-3-5-8(9)13-10(11)14/h3-5H,6,12H2,1-2H3,(H,13,14). The minimum absolute atomic E-state index is 0.0550. The molecule has 0 radical (unpaired) electrons. The van der Waals surface area contributed by atoms with Gasteiger partial charge in [-0.3, -0.25) is 4.79 Å². The lowest BCUT2D eigenvalue weighted by atomic mass is 9.95. The Hall–Kier alpha value is -1.16. The quantitative estimate of drug-likeness (QED) is 0.662. The molecule has 0 fully saturated rings. The second-order valence-corrected chi connectivity index (χ2v) is 5.34. The molecule has 4 heteroatoms. The third-order valence-corrected chi connectivity index (χ3v) is 4.10. The first-order valence-electron chi connectivity index (χ1n) is 4.83. The topological polar surface area (TPSA) is 55.1 Å². The van der Waals surface area contributed by atoms with Crippen LogP contribution in [-0.2, 0) is 4.79 Å². The van der Waals surface area contributed by atoms with Gasteiger partial charge in [-0.15, -0.1) is 11.8 Å². The van der Waals surface area contributed by atoms with Crippen molar-refractivity contribution in [2.75, 3.05) is 16.8 Å². The van der Waals surface area contributed by atoms with Crippen LogP contribution in [0.3, 0.4) is 0 Å². The summed E-state index contributed by atoms with van der Waals surface area (Å²) in [6.45, 7) is 3.88. The zero-order valence-electron chi connectivity index (χ0n) is 8.83. The number of rotatable bonds is 0. The minimum Gasteiger partial charge on any atom is -0.398 e. The zero-order valence-corrected chi connectivity index (χ0v) is 9.65. The monoisotopic (exact) mass is 222 g/mol. The van der Waals surface area contributed by atoms with Crippen LogP contribution in [0.5, 0.6) is 0 Å². The van der Waals surface area contributed by atoms with E-state index in [2.05, 4.69) is 5.32 Å². The molecular weight excluding hydrogens is 208 g/mol. The van der Waals surface area contributed by atoms with Gasteiger partial charge in [0.05, 0.1) is 16.0 Å². The molecule has 3 N–H and O–H groups in total. The number of nitrogens with one attached hydrogen (secondary N) is 1. The van der Waals surface area contributed by atoms with Crippen molar-refractivity contribution in [3.8, 4) is 0 Å². The summed E-state index contributed by atoms with van der Waals surface area (Å²) in [7, 11) is 0. The maximum atomic E-state index is 11.8. The highest BCUT2D eigenvalue weighted by molar-refractivity contribution is 7.99. The van der Waals surface area contributed by atoms with Gasteiger partial charge in [0, 0.05) is 11.4 Å². The molecule has 0 spiro atoms. The van der Waals surface area contributed by atoms with Gasteiger partial charge in [-0.25, -0.2) is 0 Å². The number of carbonyl (C=O) groups is 1. The van der Waals surface area contributed by atoms with Crippen molar-refractivity contribution in [3.05, 3.63) is 18.2 Å². The van der Waals surface area contributed by atoms with E-state index < -0.39 is 0 Å². The first-order valence-corrected chi connectivity index (χ1v) is 5.82. The molecule has 2 rings (SSSR count). The lowest BCUT2D eigenvalue weighted by Crippen LogP contribution is -2.31. The molecular formula is C11H14N2OS. The van der Waals surface area contributed by atoms with E-state index in [-0.39, 0.29) is 11.3 Å². The molecule has 0 atom stereocenters. The van der Waals surface area contributed by atoms with E-state index in [9.17, 15) is 4.79 Å². The molecule has 1 aromatic carbocycles. The van der Waals surface area contributed by atoms with Gasteiger partial charge in [-0.05, 0) is 12.1 Å². The molecule has 0 bridgehead atoms. The maximum Gasteiger partial charge on any atom is 0.230 e. The maximum absolute atomic E-state index is 11.8. The smallest absolute Gasteiger partial charge is 0.230 e. The van der Waals surface area contributed by atoms with Crippen LogP contribution in [0.1, 0.15) is 13.8 Å². The Kier molecular flexibility index (Phi) is 2.38. The average Bonchev–Trinajstić information content (AvgIpc) is 2.26. The Bertz CT molecular complexity index is 415. The number of anilines is 2. The van der Waals surface area contributed by atoms with Crippen LogP contribution in [0, 0.1) is 5.41 Å². The Morgan fingerprint density at radius 3 is 2.93 bits per heavy atom. The highest BCUT2D eigenvalue weighted by Crippen LogP contribution is 2.40. The van der Waals surface area contributed by atoms with Gasteiger partial charge in [0.2, 0.25) is 5.91 Å². The lowest BCUT2D eigenvalue weighted by Gasteiger charge is -2.18. The van der Waals surface area contributed by atoms with E-state index >= 15 is 0 Å². The summed E-state index contributed by atoms with van der Waals surface area (Å²) in [6.07, 6.45) is 0. The van der Waals surface area contributed by atoms with Crippen molar-refractivity contribution < 1.29 is 4.79 Å². The molecule has 0 aromatic heterocycles. The highest BCUT2D eigenvalue weighted by atomic mass is 32.2. The highest BCUT2D eigenvalue weighted by Gasteiger charge is 2.31. The summed E-state index contributed by atoms with van der Waals surface area (Å²) < 4.78 is 0. The summed E-state index contributed by atoms with van der Waals surface area (Å²) in [5, 5.41) is 2.91. The molecule has 1 amide bonds. The number of fused-ring (bicyclic) bond motifs is 1. The summed E-state index contributed by atoms with van der Waals surface area (Å²) >= 11 is 1.64. The predicted molar refractivity (Wildman–Crippen MR) is 64.0 cm³/mol. The number of nitrogen functional groups attached to an aromatic ring is 1. The van der Waals surface area contributed by atoms with Gasteiger partial charge in [0.1, 0.15) is 0 Å². The molecule has 0 saturated carbocycles. The molecule has 1 heterocycles. The molecule has 15 heavy (non-hydrogen) atoms. The Balaban J connectivity index is 2.44. The summed E-state index contributed by atoms with van der Waals surface area (Å²) in [6, 6.07) is 5.60. The van der Waals surface area contributed by atoms with E-state index in [0.717, 1.165) is 22.0 Å². The third kappa shape index (κ3) is 1.81. The Morgan fingerprint density at radius 1 is 1.47 bits per heavy atom. The Morgan fingerprint density at radius 2 is 2.20 bits per heavy atom. The molecule has 80 valence electrons. The van der Waals surface area contributed by atoms with Crippen LogP contribution in [0.2, 0.25) is 0 Å². The number of benzene rings is 1. The van der Waals surface area contributed by atoms with Crippen molar-refractivity contribution in [2.45, 2.75) is 18.7 Å². The fourth-order valence-electron chi connectivity index (χ4n) is 1.42. The fourth-order valence-corrected chi connectivity index (χ4v) is 2.57. The zero-order chi connectivity index (χ0) is 11.1. The average molecular weight is 222 g/mol. The van der Waals surface area contributed by atoms with Crippen molar-refractivity contribution >= 4 is 29.0 Å². The number of nitrogens with two attached hydrogens (primary N) is 1.